The number of carbonyl (C=O) groups is 2. The summed E-state index contributed by atoms with van der Waals surface area (Å²) in [6, 6.07) is 7.68. The van der Waals surface area contributed by atoms with Crippen molar-refractivity contribution in [2.24, 2.45) is 0 Å². The van der Waals surface area contributed by atoms with E-state index in [9.17, 15) is 28.0 Å². The first-order chi connectivity index (χ1) is 17.9. The molecule has 11 heteroatoms. The van der Waals surface area contributed by atoms with Crippen molar-refractivity contribution in [1.82, 2.24) is 4.90 Å². The molecule has 1 N–H and O–H groups in total. The lowest BCUT2D eigenvalue weighted by atomic mass is 9.85. The van der Waals surface area contributed by atoms with Gasteiger partial charge in [-0.25, -0.2) is 18.4 Å². The minimum atomic E-state index is -1.27. The van der Waals surface area contributed by atoms with Crippen LogP contribution in [-0.4, -0.2) is 62.4 Å². The summed E-state index contributed by atoms with van der Waals surface area (Å²) in [6.07, 6.45) is -0.0241. The molecule has 204 valence electrons. The molecule has 2 aliphatic rings. The van der Waals surface area contributed by atoms with Gasteiger partial charge in [0.1, 0.15) is 34.0 Å². The van der Waals surface area contributed by atoms with Gasteiger partial charge in [0, 0.05) is 6.42 Å². The van der Waals surface area contributed by atoms with Crippen LogP contribution in [-0.2, 0) is 27.1 Å². The molecule has 2 heterocycles. The lowest BCUT2D eigenvalue weighted by Gasteiger charge is -2.46. The van der Waals surface area contributed by atoms with E-state index in [1.807, 2.05) is 0 Å². The van der Waals surface area contributed by atoms with Crippen molar-refractivity contribution in [2.45, 2.75) is 51.3 Å². The van der Waals surface area contributed by atoms with Gasteiger partial charge in [-0.2, -0.15) is 0 Å². The number of hydrogen-bond donors (Lipinski definition) is 1. The molecule has 0 radical (unpaired) electrons. The molecule has 0 aromatic heterocycles. The number of amides is 1. The van der Waals surface area contributed by atoms with Crippen molar-refractivity contribution in [3.63, 3.8) is 0 Å². The lowest BCUT2D eigenvalue weighted by molar-refractivity contribution is -0.133. The summed E-state index contributed by atoms with van der Waals surface area (Å²) < 4.78 is 50.9. The third-order valence-electron chi connectivity index (χ3n) is 6.33. The number of hydrogen-bond acceptors (Lipinski definition) is 5. The Kier molecular flexibility index (Phi) is 8.25. The fraction of sp³-hybridized carbons (Fsp3) is 0.407. The maximum atomic E-state index is 13.9. The quantitative estimate of drug-likeness (QED) is 0.380. The van der Waals surface area contributed by atoms with E-state index < -0.39 is 57.6 Å². The molecule has 2 bridgehead atoms. The number of carbonyl (C=O) groups excluding carboxylic acids is 1. The Morgan fingerprint density at radius 3 is 2.42 bits per heavy atom. The summed E-state index contributed by atoms with van der Waals surface area (Å²) in [5.41, 5.74) is 1.36. The molecule has 0 saturated carbocycles. The highest BCUT2D eigenvalue weighted by Crippen LogP contribution is 2.40. The number of ether oxygens (including phenoxy) is 2. The Balaban J connectivity index is 1.55. The number of fused-ring (bicyclic) bond motifs is 2. The topological polar surface area (TPSA) is 99.1 Å². The third-order valence-corrected chi connectivity index (χ3v) is 8.12. The second kappa shape index (κ2) is 11.1. The number of carboxylic acids is 1. The number of halogens is 3. The molecule has 7 nitrogen and oxygen atoms in total. The van der Waals surface area contributed by atoms with Crippen LogP contribution < -0.4 is 4.74 Å². The Morgan fingerprint density at radius 1 is 1.13 bits per heavy atom. The van der Waals surface area contributed by atoms with E-state index in [4.69, 9.17) is 21.1 Å². The van der Waals surface area contributed by atoms with Gasteiger partial charge in [0.05, 0.1) is 18.2 Å². The van der Waals surface area contributed by atoms with E-state index in [1.165, 1.54) is 4.90 Å². The van der Waals surface area contributed by atoms with Crippen molar-refractivity contribution in [1.29, 1.82) is 0 Å². The first-order valence-electron chi connectivity index (χ1n) is 12.0. The molecule has 2 aliphatic heterocycles. The minimum absolute atomic E-state index is 0.0233. The molecule has 1 fully saturated rings. The highest BCUT2D eigenvalue weighted by Gasteiger charge is 2.50. The van der Waals surface area contributed by atoms with E-state index in [-0.39, 0.29) is 35.9 Å². The predicted octanol–water partition coefficient (Wildman–Crippen LogP) is 5.22. The van der Waals surface area contributed by atoms with Crippen LogP contribution in [0.2, 0.25) is 5.02 Å². The van der Waals surface area contributed by atoms with Crippen molar-refractivity contribution in [3.05, 3.63) is 69.8 Å². The van der Waals surface area contributed by atoms with Gasteiger partial charge in [0.25, 0.3) is 0 Å². The monoisotopic (exact) mass is 567 g/mol. The predicted molar refractivity (Wildman–Crippen MR) is 140 cm³/mol. The maximum Gasteiger partial charge on any atom is 0.411 e. The van der Waals surface area contributed by atoms with Crippen LogP contribution in [0.15, 0.2) is 42.0 Å². The van der Waals surface area contributed by atoms with Gasteiger partial charge in [-0.05, 0) is 67.2 Å². The third kappa shape index (κ3) is 6.08. The lowest BCUT2D eigenvalue weighted by Crippen LogP contribution is -2.61. The van der Waals surface area contributed by atoms with Crippen LogP contribution in [0.3, 0.4) is 0 Å². The first-order valence-corrected chi connectivity index (χ1v) is 13.9. The molecule has 1 saturated heterocycles. The van der Waals surface area contributed by atoms with Gasteiger partial charge >= 0.3 is 12.1 Å². The molecule has 0 spiro atoms. The first kappa shape index (κ1) is 28.2. The summed E-state index contributed by atoms with van der Waals surface area (Å²) in [6.45, 7) is 5.25. The zero-order valence-corrected chi connectivity index (χ0v) is 22.7. The summed E-state index contributed by atoms with van der Waals surface area (Å²) in [5.74, 6) is -2.80. The second-order valence-electron chi connectivity index (χ2n) is 10.2. The normalized spacial score (nSPS) is 21.3. The zero-order valence-electron chi connectivity index (χ0n) is 21.1. The van der Waals surface area contributed by atoms with Crippen molar-refractivity contribution < 1.29 is 37.5 Å². The molecule has 1 amide bonds. The average molecular weight is 568 g/mol. The van der Waals surface area contributed by atoms with Gasteiger partial charge in [0.15, 0.2) is 11.6 Å². The van der Waals surface area contributed by atoms with Crippen LogP contribution in [0.25, 0.3) is 5.57 Å². The highest BCUT2D eigenvalue weighted by atomic mass is 35.5. The molecule has 2 aromatic rings. The van der Waals surface area contributed by atoms with Crippen molar-refractivity contribution >= 4 is 40.4 Å². The Hall–Kier alpha value is -2.82. The molecule has 2 aromatic carbocycles. The summed E-state index contributed by atoms with van der Waals surface area (Å²) in [7, 11) is 0. The largest absolute Gasteiger partial charge is 0.616 e. The summed E-state index contributed by atoms with van der Waals surface area (Å²) in [4.78, 5) is 26.8. The summed E-state index contributed by atoms with van der Waals surface area (Å²) >= 11 is 4.53. The van der Waals surface area contributed by atoms with Gasteiger partial charge in [0.2, 0.25) is 0 Å². The van der Waals surface area contributed by atoms with Gasteiger partial charge in [-0.1, -0.05) is 35.9 Å². The smallest absolute Gasteiger partial charge is 0.411 e. The van der Waals surface area contributed by atoms with Crippen molar-refractivity contribution in [3.8, 4) is 5.75 Å². The molecule has 0 aliphatic carbocycles. The summed E-state index contributed by atoms with van der Waals surface area (Å²) in [5, 5.41) is 9.70. The zero-order chi connectivity index (χ0) is 27.8. The van der Waals surface area contributed by atoms with Crippen LogP contribution in [0, 0.1) is 11.6 Å². The molecule has 2 unspecified atom stereocenters. The van der Waals surface area contributed by atoms with E-state index in [0.29, 0.717) is 17.6 Å². The van der Waals surface area contributed by atoms with E-state index in [1.54, 1.807) is 45.0 Å². The number of aliphatic carboxylic acids is 1. The molecular formula is C27H28ClF2NO6S. The standard InChI is InChI=1S/C27H28ClF2NO6S/c1-27(2,3)37-26(34)31-17-12-18(22(25(32)33)21(31)14-38(35)13-17)16-6-4-15(5-7-16)10-11-36-24-20(30)9-8-19(29)23(24)28/h4-9,17,21H,10-14H2,1-3H3,(H,32,33)/t17?,21-,38?/m1/s1. The second-order valence-corrected chi connectivity index (χ2v) is 12.1. The number of nitrogens with zero attached hydrogens (tertiary/aromatic N) is 1. The molecule has 3 atom stereocenters. The van der Waals surface area contributed by atoms with Crippen LogP contribution in [0.4, 0.5) is 13.6 Å². The van der Waals surface area contributed by atoms with Crippen molar-refractivity contribution in [2.75, 3.05) is 18.1 Å². The molecular weight excluding hydrogens is 540 g/mol. The van der Waals surface area contributed by atoms with E-state index in [2.05, 4.69) is 0 Å². The SMILES string of the molecule is CC(C)(C)OC(=O)N1C2CC(c3ccc(CCOc4c(F)ccc(F)c4Cl)cc3)=C(C(=O)O)[C@H]1C[S+]([O-])C2. The average Bonchev–Trinajstić information content (AvgIpc) is 2.82. The Bertz CT molecular complexity index is 1260. The van der Waals surface area contributed by atoms with Crippen LogP contribution in [0.1, 0.15) is 38.3 Å². The van der Waals surface area contributed by atoms with E-state index >= 15 is 0 Å². The molecule has 4 rings (SSSR count). The highest BCUT2D eigenvalue weighted by molar-refractivity contribution is 7.91. The Morgan fingerprint density at radius 2 is 1.79 bits per heavy atom. The van der Waals surface area contributed by atoms with E-state index in [0.717, 1.165) is 17.7 Å². The van der Waals surface area contributed by atoms with Gasteiger partial charge in [-0.15, -0.1) is 0 Å². The van der Waals surface area contributed by atoms with Gasteiger partial charge < -0.3 is 19.1 Å². The Labute approximate surface area is 227 Å². The van der Waals surface area contributed by atoms with Crippen LogP contribution in [0.5, 0.6) is 5.75 Å². The number of carboxylic acid groups (broad SMARTS) is 1. The minimum Gasteiger partial charge on any atom is -0.616 e. The maximum absolute atomic E-state index is 13.9. The van der Waals surface area contributed by atoms with Gasteiger partial charge in [-0.3, -0.25) is 4.90 Å². The van der Waals surface area contributed by atoms with Crippen LogP contribution >= 0.6 is 11.6 Å². The number of rotatable bonds is 6. The number of benzene rings is 2. The fourth-order valence-corrected chi connectivity index (χ4v) is 6.45. The molecule has 38 heavy (non-hydrogen) atoms. The fourth-order valence-electron chi connectivity index (χ4n) is 4.72.